The van der Waals surface area contributed by atoms with Gasteiger partial charge in [-0.25, -0.2) is 0 Å². The first-order valence-electron chi connectivity index (χ1n) is 4.03. The molecule has 0 fully saturated rings. The molecule has 0 N–H and O–H groups in total. The Morgan fingerprint density at radius 1 is 0.692 bits per heavy atom. The van der Waals surface area contributed by atoms with E-state index in [9.17, 15) is 0 Å². The summed E-state index contributed by atoms with van der Waals surface area (Å²) < 4.78 is 0. The topological polar surface area (TPSA) is 0 Å². The fraction of sp³-hybridized carbons (Fsp3) is 0.250. The summed E-state index contributed by atoms with van der Waals surface area (Å²) in [6.07, 6.45) is 0. The van der Waals surface area contributed by atoms with Crippen LogP contribution in [0.3, 0.4) is 0 Å². The molecule has 81 valence electrons. The predicted molar refractivity (Wildman–Crippen MR) is 58.4 cm³/mol. The average Bonchev–Trinajstić information content (AvgIpc) is 2.29. The van der Waals surface area contributed by atoms with Crippen molar-refractivity contribution in [3.8, 4) is 0 Å². The molecule has 0 aliphatic rings. The van der Waals surface area contributed by atoms with Gasteiger partial charge in [-0.1, -0.05) is 0 Å². The largest absolute Gasteiger partial charge is 0.346 e. The summed E-state index contributed by atoms with van der Waals surface area (Å²) >= 11 is 0. The Morgan fingerprint density at radius 3 is 1.08 bits per heavy atom. The fourth-order valence-corrected chi connectivity index (χ4v) is 0.342. The van der Waals surface area contributed by atoms with Crippen LogP contribution < -0.4 is 0 Å². The van der Waals surface area contributed by atoms with Crippen LogP contribution in [0.5, 0.6) is 0 Å². The molecule has 0 unspecified atom stereocenters. The molecule has 0 atom stereocenters. The maximum atomic E-state index is 3.25. The summed E-state index contributed by atoms with van der Waals surface area (Å²) in [6.45, 7) is 15.0. The Balaban J connectivity index is -0.0000000508. The first-order valence-corrected chi connectivity index (χ1v) is 4.03. The molecule has 0 aliphatic heterocycles. The quantitative estimate of drug-likeness (QED) is 0.492. The van der Waals surface area contributed by atoms with Crippen LogP contribution in [0, 0.1) is 26.8 Å². The average molecular weight is 267 g/mol. The maximum absolute atomic E-state index is 3.25. The van der Waals surface area contributed by atoms with Gasteiger partial charge in [0.15, 0.2) is 0 Å². The van der Waals surface area contributed by atoms with Crippen molar-refractivity contribution in [3.63, 3.8) is 0 Å². The second-order valence-electron chi connectivity index (χ2n) is 1.08. The second kappa shape index (κ2) is 40.8. The van der Waals surface area contributed by atoms with Crippen LogP contribution in [0.2, 0.25) is 0 Å². The van der Waals surface area contributed by atoms with E-state index in [1.54, 1.807) is 20.8 Å². The molecule has 1 aromatic carbocycles. The minimum Gasteiger partial charge on any atom is -0.346 e. The van der Waals surface area contributed by atoms with Crippen LogP contribution in [0.4, 0.5) is 0 Å². The van der Waals surface area contributed by atoms with Crippen molar-refractivity contribution in [2.45, 2.75) is 20.8 Å². The summed E-state index contributed by atoms with van der Waals surface area (Å²) in [5.74, 6) is 0. The molecule has 13 heavy (non-hydrogen) atoms. The Hall–Kier alpha value is -0.157. The van der Waals surface area contributed by atoms with Gasteiger partial charge in [0.25, 0.3) is 0 Å². The molecule has 0 saturated carbocycles. The zero-order valence-corrected chi connectivity index (χ0v) is 10.5. The van der Waals surface area contributed by atoms with Crippen LogP contribution in [-0.2, 0) is 19.5 Å². The van der Waals surface area contributed by atoms with E-state index in [1.807, 2.05) is 30.3 Å². The van der Waals surface area contributed by atoms with Crippen molar-refractivity contribution in [1.82, 2.24) is 0 Å². The van der Waals surface area contributed by atoms with Gasteiger partial charge in [0.05, 0.1) is 0 Å². The molecule has 0 amide bonds. The number of hydrogen-bond acceptors (Lipinski definition) is 0. The molecular formula is C12H20Rh-4. The zero-order valence-electron chi connectivity index (χ0n) is 8.84. The van der Waals surface area contributed by atoms with Crippen LogP contribution >= 0.6 is 0 Å². The van der Waals surface area contributed by atoms with Crippen molar-refractivity contribution < 1.29 is 19.5 Å². The summed E-state index contributed by atoms with van der Waals surface area (Å²) in [5, 5.41) is 0. The van der Waals surface area contributed by atoms with E-state index in [2.05, 4.69) is 26.8 Å². The molecule has 0 saturated heterocycles. The van der Waals surface area contributed by atoms with Gasteiger partial charge in [-0.05, 0) is 0 Å². The summed E-state index contributed by atoms with van der Waals surface area (Å²) in [5.41, 5.74) is 0. The second-order valence-corrected chi connectivity index (χ2v) is 1.08. The number of hydrogen-bond donors (Lipinski definition) is 0. The number of rotatable bonds is 0. The first-order chi connectivity index (χ1) is 6.00. The predicted octanol–water partition coefficient (Wildman–Crippen LogP) is 4.01. The van der Waals surface area contributed by atoms with Gasteiger partial charge in [-0.15, -0.1) is 0 Å². The Labute approximate surface area is 97.5 Å². The Morgan fingerprint density at radius 2 is 1.00 bits per heavy atom. The third-order valence-electron chi connectivity index (χ3n) is 0.607. The van der Waals surface area contributed by atoms with Crippen LogP contribution in [0.15, 0.2) is 30.3 Å². The van der Waals surface area contributed by atoms with Gasteiger partial charge in [0.1, 0.15) is 0 Å². The molecule has 0 heterocycles. The Bertz CT molecular complexity index is 77.0. The SMILES string of the molecule is [CH2-]C.[CH2-]C.[CH2-]C.[Rh].[c-]1ccccc1. The van der Waals surface area contributed by atoms with E-state index in [1.165, 1.54) is 0 Å². The van der Waals surface area contributed by atoms with E-state index in [-0.39, 0.29) is 19.5 Å². The van der Waals surface area contributed by atoms with Crippen molar-refractivity contribution in [3.05, 3.63) is 57.2 Å². The minimum atomic E-state index is 0. The summed E-state index contributed by atoms with van der Waals surface area (Å²) in [4.78, 5) is 0. The van der Waals surface area contributed by atoms with E-state index in [0.717, 1.165) is 0 Å². The Kier molecular flexibility index (Phi) is 72.3. The van der Waals surface area contributed by atoms with E-state index in [0.29, 0.717) is 0 Å². The monoisotopic (exact) mass is 267 g/mol. The third-order valence-corrected chi connectivity index (χ3v) is 0.607. The van der Waals surface area contributed by atoms with Crippen molar-refractivity contribution >= 4 is 0 Å². The van der Waals surface area contributed by atoms with Crippen LogP contribution in [-0.4, -0.2) is 0 Å². The molecule has 1 heteroatoms. The maximum Gasteiger partial charge on any atom is 0 e. The van der Waals surface area contributed by atoms with E-state index >= 15 is 0 Å². The van der Waals surface area contributed by atoms with Gasteiger partial charge in [-0.3, -0.25) is 0 Å². The zero-order chi connectivity index (χ0) is 10.2. The summed E-state index contributed by atoms with van der Waals surface area (Å²) in [7, 11) is 0. The van der Waals surface area contributed by atoms with Gasteiger partial charge >= 0.3 is 0 Å². The number of benzene rings is 1. The molecule has 0 spiro atoms. The molecule has 0 aromatic heterocycles. The molecular weight excluding hydrogens is 247 g/mol. The van der Waals surface area contributed by atoms with Gasteiger partial charge in [0, 0.05) is 19.5 Å². The summed E-state index contributed by atoms with van der Waals surface area (Å²) in [6, 6.07) is 12.5. The van der Waals surface area contributed by atoms with Crippen molar-refractivity contribution in [2.75, 3.05) is 0 Å². The van der Waals surface area contributed by atoms with Crippen molar-refractivity contribution in [1.29, 1.82) is 0 Å². The van der Waals surface area contributed by atoms with Gasteiger partial charge in [0.2, 0.25) is 0 Å². The first kappa shape index (κ1) is 23.0. The smallest absolute Gasteiger partial charge is 0 e. The molecule has 1 radical (unpaired) electrons. The third kappa shape index (κ3) is 33.6. The van der Waals surface area contributed by atoms with Crippen LogP contribution in [0.1, 0.15) is 20.8 Å². The normalized spacial score (nSPS) is 5.08. The van der Waals surface area contributed by atoms with Gasteiger partial charge in [-0.2, -0.15) is 57.2 Å². The fourth-order valence-electron chi connectivity index (χ4n) is 0.342. The standard InChI is InChI=1S/C6H5.3C2H5.Rh/c1-2-4-6-5-3-1;3*1-2;/h1-5H;3*1H2,2H3;/q4*-1;. The molecule has 0 nitrogen and oxygen atoms in total. The van der Waals surface area contributed by atoms with E-state index < -0.39 is 0 Å². The molecule has 1 rings (SSSR count). The molecule has 0 bridgehead atoms. The van der Waals surface area contributed by atoms with Gasteiger partial charge < -0.3 is 20.8 Å². The van der Waals surface area contributed by atoms with Crippen molar-refractivity contribution in [2.24, 2.45) is 0 Å². The van der Waals surface area contributed by atoms with E-state index in [4.69, 9.17) is 0 Å². The molecule has 0 aliphatic carbocycles. The van der Waals surface area contributed by atoms with Crippen LogP contribution in [0.25, 0.3) is 0 Å². The molecule has 1 aromatic rings. The minimum absolute atomic E-state index is 0.